The Morgan fingerprint density at radius 3 is 2.60 bits per heavy atom. The molecule has 0 fully saturated rings. The third kappa shape index (κ3) is 7.92. The maximum absolute atomic E-state index is 5.89. The van der Waals surface area contributed by atoms with E-state index in [2.05, 4.69) is 5.32 Å². The maximum atomic E-state index is 5.89. The summed E-state index contributed by atoms with van der Waals surface area (Å²) in [6.45, 7) is 4.62. The van der Waals surface area contributed by atoms with E-state index < -0.39 is 0 Å². The molecule has 0 spiro atoms. The third-order valence-corrected chi connectivity index (χ3v) is 3.35. The molecule has 0 atom stereocenters. The largest absolute Gasteiger partial charge is 0.491 e. The van der Waals surface area contributed by atoms with Gasteiger partial charge in [0, 0.05) is 19.6 Å². The Bertz CT molecular complexity index is 377. The molecule has 0 aliphatic heterocycles. The number of hydrogen-bond donors (Lipinski definition) is 1. The Morgan fingerprint density at radius 1 is 1.00 bits per heavy atom. The fraction of sp³-hybridized carbons (Fsp3) is 0.571. The molecular weight excluding hydrogens is 301 g/mol. The molecule has 20 heavy (non-hydrogen) atoms. The number of halogens is 2. The number of benzene rings is 1. The SMILES string of the molecule is COCCC[NH2+]CCOCCOc1ccc(Cl)c(Cl)c1. The predicted octanol–water partition coefficient (Wildman–Crippen LogP) is 1.99. The van der Waals surface area contributed by atoms with E-state index in [-0.39, 0.29) is 0 Å². The van der Waals surface area contributed by atoms with Crippen molar-refractivity contribution in [3.63, 3.8) is 0 Å². The van der Waals surface area contributed by atoms with E-state index in [0.717, 1.165) is 32.7 Å². The van der Waals surface area contributed by atoms with Gasteiger partial charge in [0.1, 0.15) is 12.4 Å². The molecule has 0 unspecified atom stereocenters. The summed E-state index contributed by atoms with van der Waals surface area (Å²) in [5.41, 5.74) is 0. The monoisotopic (exact) mass is 322 g/mol. The van der Waals surface area contributed by atoms with Crippen molar-refractivity contribution < 1.29 is 19.5 Å². The van der Waals surface area contributed by atoms with E-state index in [9.17, 15) is 0 Å². The Kier molecular flexibility index (Phi) is 9.79. The first-order chi connectivity index (χ1) is 9.74. The van der Waals surface area contributed by atoms with Gasteiger partial charge in [-0.05, 0) is 12.1 Å². The topological polar surface area (TPSA) is 44.3 Å². The van der Waals surface area contributed by atoms with Gasteiger partial charge in [0.2, 0.25) is 0 Å². The lowest BCUT2D eigenvalue weighted by molar-refractivity contribution is -0.656. The first kappa shape index (κ1) is 17.5. The van der Waals surface area contributed by atoms with Gasteiger partial charge in [-0.25, -0.2) is 0 Å². The smallest absolute Gasteiger partial charge is 0.121 e. The van der Waals surface area contributed by atoms with Crippen LogP contribution in [-0.2, 0) is 9.47 Å². The van der Waals surface area contributed by atoms with Crippen molar-refractivity contribution in [3.05, 3.63) is 28.2 Å². The highest BCUT2D eigenvalue weighted by atomic mass is 35.5. The molecule has 2 N–H and O–H groups in total. The van der Waals surface area contributed by atoms with Gasteiger partial charge in [-0.2, -0.15) is 0 Å². The molecule has 0 radical (unpaired) electrons. The normalized spacial score (nSPS) is 10.8. The Hall–Kier alpha value is -0.520. The summed E-state index contributed by atoms with van der Waals surface area (Å²) in [7, 11) is 1.72. The summed E-state index contributed by atoms with van der Waals surface area (Å²) in [5, 5.41) is 3.24. The van der Waals surface area contributed by atoms with Gasteiger partial charge in [-0.3, -0.25) is 0 Å². The first-order valence-electron chi connectivity index (χ1n) is 6.70. The average Bonchev–Trinajstić information content (AvgIpc) is 2.45. The van der Waals surface area contributed by atoms with Crippen molar-refractivity contribution in [2.75, 3.05) is 46.6 Å². The summed E-state index contributed by atoms with van der Waals surface area (Å²) in [4.78, 5) is 0. The van der Waals surface area contributed by atoms with E-state index in [1.165, 1.54) is 0 Å². The van der Waals surface area contributed by atoms with Crippen LogP contribution in [0, 0.1) is 0 Å². The standard InChI is InChI=1S/C14H21Cl2NO3/c1-18-7-2-5-17-6-8-19-9-10-20-12-3-4-13(15)14(16)11-12/h3-4,11,17H,2,5-10H2,1H3/p+1. The Balaban J connectivity index is 1.95. The summed E-state index contributed by atoms with van der Waals surface area (Å²) < 4.78 is 15.9. The first-order valence-corrected chi connectivity index (χ1v) is 7.46. The molecule has 0 heterocycles. The van der Waals surface area contributed by atoms with Crippen LogP contribution in [0.15, 0.2) is 18.2 Å². The van der Waals surface area contributed by atoms with Crippen LogP contribution in [0.5, 0.6) is 5.75 Å². The molecule has 0 saturated carbocycles. The third-order valence-electron chi connectivity index (χ3n) is 2.61. The molecule has 0 aliphatic carbocycles. The quantitative estimate of drug-likeness (QED) is 0.634. The van der Waals surface area contributed by atoms with Crippen LogP contribution in [0.1, 0.15) is 6.42 Å². The highest BCUT2D eigenvalue weighted by Gasteiger charge is 2.00. The van der Waals surface area contributed by atoms with Crippen LogP contribution in [0.2, 0.25) is 10.0 Å². The number of ether oxygens (including phenoxy) is 3. The van der Waals surface area contributed by atoms with Gasteiger partial charge in [-0.1, -0.05) is 23.2 Å². The van der Waals surface area contributed by atoms with Gasteiger partial charge in [0.15, 0.2) is 0 Å². The number of rotatable bonds is 11. The molecule has 1 aromatic rings. The number of nitrogens with two attached hydrogens (primary N) is 1. The van der Waals surface area contributed by atoms with Gasteiger partial charge in [0.05, 0.1) is 43.0 Å². The second-order valence-electron chi connectivity index (χ2n) is 4.25. The average molecular weight is 323 g/mol. The molecule has 0 saturated heterocycles. The highest BCUT2D eigenvalue weighted by molar-refractivity contribution is 6.42. The molecule has 114 valence electrons. The Morgan fingerprint density at radius 2 is 1.85 bits per heavy atom. The molecular formula is C14H22Cl2NO3+. The van der Waals surface area contributed by atoms with Crippen molar-refractivity contribution in [2.45, 2.75) is 6.42 Å². The fourth-order valence-corrected chi connectivity index (χ4v) is 1.86. The van der Waals surface area contributed by atoms with Crippen LogP contribution in [0.4, 0.5) is 0 Å². The summed E-state index contributed by atoms with van der Waals surface area (Å²) in [6, 6.07) is 5.21. The zero-order valence-corrected chi connectivity index (χ0v) is 13.3. The lowest BCUT2D eigenvalue weighted by atomic mass is 10.3. The van der Waals surface area contributed by atoms with Crippen LogP contribution in [-0.4, -0.2) is 46.6 Å². The molecule has 4 nitrogen and oxygen atoms in total. The predicted molar refractivity (Wildman–Crippen MR) is 80.9 cm³/mol. The lowest BCUT2D eigenvalue weighted by Crippen LogP contribution is -2.85. The van der Waals surface area contributed by atoms with E-state index in [4.69, 9.17) is 37.4 Å². The lowest BCUT2D eigenvalue weighted by Gasteiger charge is -2.07. The number of hydrogen-bond acceptors (Lipinski definition) is 3. The van der Waals surface area contributed by atoms with Crippen LogP contribution < -0.4 is 10.1 Å². The summed E-state index contributed by atoms with van der Waals surface area (Å²) >= 11 is 11.7. The van der Waals surface area contributed by atoms with E-state index >= 15 is 0 Å². The van der Waals surface area contributed by atoms with Crippen molar-refractivity contribution in [1.82, 2.24) is 0 Å². The number of quaternary nitrogens is 1. The molecule has 0 bridgehead atoms. The van der Waals surface area contributed by atoms with Crippen LogP contribution >= 0.6 is 23.2 Å². The second kappa shape index (κ2) is 11.2. The van der Waals surface area contributed by atoms with Crippen LogP contribution in [0.25, 0.3) is 0 Å². The number of methoxy groups -OCH3 is 1. The van der Waals surface area contributed by atoms with Crippen molar-refractivity contribution in [2.24, 2.45) is 0 Å². The zero-order chi connectivity index (χ0) is 14.6. The summed E-state index contributed by atoms with van der Waals surface area (Å²) in [5.74, 6) is 0.703. The van der Waals surface area contributed by atoms with Gasteiger partial charge in [0.25, 0.3) is 0 Å². The van der Waals surface area contributed by atoms with Crippen molar-refractivity contribution >= 4 is 23.2 Å². The zero-order valence-electron chi connectivity index (χ0n) is 11.7. The van der Waals surface area contributed by atoms with Crippen molar-refractivity contribution in [3.8, 4) is 5.75 Å². The highest BCUT2D eigenvalue weighted by Crippen LogP contribution is 2.26. The minimum atomic E-state index is 0.496. The van der Waals surface area contributed by atoms with Gasteiger partial charge < -0.3 is 19.5 Å². The van der Waals surface area contributed by atoms with E-state index in [1.807, 2.05) is 0 Å². The Labute approximate surface area is 130 Å². The molecule has 1 aromatic carbocycles. The molecule has 0 aliphatic rings. The van der Waals surface area contributed by atoms with Gasteiger partial charge >= 0.3 is 0 Å². The van der Waals surface area contributed by atoms with Crippen molar-refractivity contribution in [1.29, 1.82) is 0 Å². The van der Waals surface area contributed by atoms with Crippen LogP contribution in [0.3, 0.4) is 0 Å². The molecule has 0 aromatic heterocycles. The fourth-order valence-electron chi connectivity index (χ4n) is 1.57. The maximum Gasteiger partial charge on any atom is 0.121 e. The molecule has 0 amide bonds. The van der Waals surface area contributed by atoms with E-state index in [0.29, 0.717) is 29.0 Å². The second-order valence-corrected chi connectivity index (χ2v) is 5.06. The van der Waals surface area contributed by atoms with E-state index in [1.54, 1.807) is 25.3 Å². The minimum Gasteiger partial charge on any atom is -0.491 e. The molecule has 1 rings (SSSR count). The minimum absolute atomic E-state index is 0.496. The molecule has 6 heteroatoms. The van der Waals surface area contributed by atoms with Gasteiger partial charge in [-0.15, -0.1) is 0 Å². The summed E-state index contributed by atoms with van der Waals surface area (Å²) in [6.07, 6.45) is 1.07.